The number of nitrogens with zero attached hydrogens (tertiary/aromatic N) is 3. The quantitative estimate of drug-likeness (QED) is 0.869. The predicted molar refractivity (Wildman–Crippen MR) is 75.5 cm³/mol. The molecule has 0 radical (unpaired) electrons. The number of aromatic nitrogens is 2. The fraction of sp³-hybridized carbons (Fsp3) is 0.462. The summed E-state index contributed by atoms with van der Waals surface area (Å²) in [6, 6.07) is 4.47. The van der Waals surface area contributed by atoms with Crippen LogP contribution in [0, 0.1) is 0 Å². The van der Waals surface area contributed by atoms with Gasteiger partial charge in [-0.3, -0.25) is 9.58 Å². The number of rotatable bonds is 6. The van der Waals surface area contributed by atoms with Crippen molar-refractivity contribution in [2.24, 2.45) is 5.73 Å². The summed E-state index contributed by atoms with van der Waals surface area (Å²) in [6.07, 6.45) is 4.01. The Morgan fingerprint density at radius 2 is 2.39 bits per heavy atom. The largest absolute Gasteiger partial charge is 0.329 e. The van der Waals surface area contributed by atoms with Gasteiger partial charge in [0.05, 0.1) is 12.2 Å². The van der Waals surface area contributed by atoms with Crippen LogP contribution in [0.4, 0.5) is 0 Å². The highest BCUT2D eigenvalue weighted by Gasteiger charge is 2.17. The molecule has 0 fully saturated rings. The Balaban J connectivity index is 2.07. The van der Waals surface area contributed by atoms with Crippen molar-refractivity contribution in [2.45, 2.75) is 26.1 Å². The first kappa shape index (κ1) is 13.3. The first-order chi connectivity index (χ1) is 8.74. The molecule has 2 rings (SSSR count). The highest BCUT2D eigenvalue weighted by atomic mass is 32.1. The van der Waals surface area contributed by atoms with E-state index in [4.69, 9.17) is 5.73 Å². The fourth-order valence-electron chi connectivity index (χ4n) is 2.05. The lowest BCUT2D eigenvalue weighted by molar-refractivity contribution is 0.244. The normalized spacial score (nSPS) is 13.1. The minimum absolute atomic E-state index is 0.229. The molecular formula is C13H20N4S. The van der Waals surface area contributed by atoms with Crippen molar-refractivity contribution < 1.29 is 0 Å². The van der Waals surface area contributed by atoms with Gasteiger partial charge in [0.25, 0.3) is 0 Å². The van der Waals surface area contributed by atoms with E-state index in [2.05, 4.69) is 47.7 Å². The second-order valence-electron chi connectivity index (χ2n) is 4.38. The van der Waals surface area contributed by atoms with Gasteiger partial charge in [0, 0.05) is 36.3 Å². The first-order valence-electron chi connectivity index (χ1n) is 6.19. The van der Waals surface area contributed by atoms with Crippen molar-refractivity contribution in [3.8, 4) is 0 Å². The van der Waals surface area contributed by atoms with Crippen molar-refractivity contribution in [1.82, 2.24) is 14.7 Å². The third kappa shape index (κ3) is 2.98. The van der Waals surface area contributed by atoms with Crippen LogP contribution < -0.4 is 5.73 Å². The maximum Gasteiger partial charge on any atom is 0.0538 e. The molecule has 0 aliphatic heterocycles. The Morgan fingerprint density at radius 3 is 2.94 bits per heavy atom. The Hall–Kier alpha value is -1.17. The predicted octanol–water partition coefficient (Wildman–Crippen LogP) is 2.10. The van der Waals surface area contributed by atoms with E-state index in [1.54, 1.807) is 11.3 Å². The molecule has 1 atom stereocenters. The molecule has 2 aromatic rings. The topological polar surface area (TPSA) is 47.1 Å². The lowest BCUT2D eigenvalue weighted by Crippen LogP contribution is -2.29. The van der Waals surface area contributed by atoms with Crippen LogP contribution in [0.15, 0.2) is 29.9 Å². The van der Waals surface area contributed by atoms with Gasteiger partial charge in [-0.2, -0.15) is 5.10 Å². The molecule has 0 amide bonds. The summed E-state index contributed by atoms with van der Waals surface area (Å²) in [5, 5.41) is 6.43. The molecule has 2 aromatic heterocycles. The highest BCUT2D eigenvalue weighted by molar-refractivity contribution is 7.09. The third-order valence-electron chi connectivity index (χ3n) is 3.10. The van der Waals surface area contributed by atoms with Crippen LogP contribution >= 0.6 is 11.3 Å². The molecule has 4 nitrogen and oxygen atoms in total. The van der Waals surface area contributed by atoms with E-state index < -0.39 is 0 Å². The van der Waals surface area contributed by atoms with E-state index in [0.29, 0.717) is 6.54 Å². The average molecular weight is 264 g/mol. The van der Waals surface area contributed by atoms with Crippen LogP contribution in [-0.4, -0.2) is 28.3 Å². The van der Waals surface area contributed by atoms with Crippen LogP contribution in [0.2, 0.25) is 0 Å². The van der Waals surface area contributed by atoms with E-state index in [9.17, 15) is 0 Å². The molecule has 0 aromatic carbocycles. The lowest BCUT2D eigenvalue weighted by atomic mass is 10.1. The van der Waals surface area contributed by atoms with Crippen molar-refractivity contribution in [1.29, 1.82) is 0 Å². The number of hydrogen-bond donors (Lipinski definition) is 1. The number of thiophene rings is 1. The minimum Gasteiger partial charge on any atom is -0.329 e. The summed E-state index contributed by atoms with van der Waals surface area (Å²) < 4.78 is 1.94. The summed E-state index contributed by atoms with van der Waals surface area (Å²) >= 11 is 1.78. The van der Waals surface area contributed by atoms with Gasteiger partial charge in [-0.15, -0.1) is 11.3 Å². The summed E-state index contributed by atoms with van der Waals surface area (Å²) in [6.45, 7) is 4.52. The van der Waals surface area contributed by atoms with Crippen LogP contribution in [0.1, 0.15) is 23.4 Å². The second-order valence-corrected chi connectivity index (χ2v) is 5.41. The van der Waals surface area contributed by atoms with Crippen molar-refractivity contribution in [3.05, 3.63) is 40.3 Å². The Kier molecular flexibility index (Phi) is 4.52. The summed E-state index contributed by atoms with van der Waals surface area (Å²) in [5.41, 5.74) is 7.10. The zero-order chi connectivity index (χ0) is 13.0. The molecule has 0 aliphatic carbocycles. The van der Waals surface area contributed by atoms with Gasteiger partial charge in [-0.25, -0.2) is 0 Å². The molecular weight excluding hydrogens is 244 g/mol. The molecule has 0 aliphatic rings. The molecule has 18 heavy (non-hydrogen) atoms. The van der Waals surface area contributed by atoms with Crippen LogP contribution in [-0.2, 0) is 13.1 Å². The van der Waals surface area contributed by atoms with E-state index in [-0.39, 0.29) is 6.04 Å². The van der Waals surface area contributed by atoms with Gasteiger partial charge in [0.2, 0.25) is 0 Å². The van der Waals surface area contributed by atoms with Crippen LogP contribution in [0.5, 0.6) is 0 Å². The first-order valence-corrected chi connectivity index (χ1v) is 7.07. The number of nitrogens with two attached hydrogens (primary N) is 1. The van der Waals surface area contributed by atoms with Gasteiger partial charge in [0.1, 0.15) is 0 Å². The molecule has 98 valence electrons. The summed E-state index contributed by atoms with van der Waals surface area (Å²) in [5.74, 6) is 0. The Labute approximate surface area is 112 Å². The van der Waals surface area contributed by atoms with Crippen molar-refractivity contribution in [2.75, 3.05) is 13.6 Å². The minimum atomic E-state index is 0.229. The van der Waals surface area contributed by atoms with Gasteiger partial charge >= 0.3 is 0 Å². The fourth-order valence-corrected chi connectivity index (χ4v) is 2.82. The lowest BCUT2D eigenvalue weighted by Gasteiger charge is -2.25. The van der Waals surface area contributed by atoms with E-state index >= 15 is 0 Å². The molecule has 1 unspecified atom stereocenters. The standard InChI is InChI=1S/C13H20N4S/c1-3-17-9-11(8-15-17)13(7-14)16(2)10-12-5-4-6-18-12/h4-6,8-9,13H,3,7,10,14H2,1-2H3. The van der Waals surface area contributed by atoms with Gasteiger partial charge in [-0.05, 0) is 25.4 Å². The molecule has 0 saturated carbocycles. The molecule has 0 saturated heterocycles. The van der Waals surface area contributed by atoms with Crippen molar-refractivity contribution >= 4 is 11.3 Å². The number of hydrogen-bond acceptors (Lipinski definition) is 4. The Morgan fingerprint density at radius 1 is 1.56 bits per heavy atom. The maximum absolute atomic E-state index is 5.91. The smallest absolute Gasteiger partial charge is 0.0538 e. The van der Waals surface area contributed by atoms with Crippen LogP contribution in [0.25, 0.3) is 0 Å². The zero-order valence-corrected chi connectivity index (χ0v) is 11.7. The number of aryl methyl sites for hydroxylation is 1. The molecule has 0 bridgehead atoms. The monoisotopic (exact) mass is 264 g/mol. The average Bonchev–Trinajstić information content (AvgIpc) is 3.01. The molecule has 2 N–H and O–H groups in total. The highest BCUT2D eigenvalue weighted by Crippen LogP contribution is 2.21. The summed E-state index contributed by atoms with van der Waals surface area (Å²) in [7, 11) is 2.11. The van der Waals surface area contributed by atoms with E-state index in [1.165, 1.54) is 10.4 Å². The van der Waals surface area contributed by atoms with Gasteiger partial charge in [-0.1, -0.05) is 6.07 Å². The maximum atomic E-state index is 5.91. The summed E-state index contributed by atoms with van der Waals surface area (Å²) in [4.78, 5) is 3.64. The molecule has 2 heterocycles. The van der Waals surface area contributed by atoms with Crippen molar-refractivity contribution in [3.63, 3.8) is 0 Å². The van der Waals surface area contributed by atoms with Gasteiger partial charge < -0.3 is 5.73 Å². The molecule has 0 spiro atoms. The SMILES string of the molecule is CCn1cc(C(CN)N(C)Cc2cccs2)cn1. The van der Waals surface area contributed by atoms with E-state index in [0.717, 1.165) is 13.1 Å². The molecule has 5 heteroatoms. The third-order valence-corrected chi connectivity index (χ3v) is 3.96. The van der Waals surface area contributed by atoms with E-state index in [1.807, 2.05) is 10.9 Å². The van der Waals surface area contributed by atoms with Crippen LogP contribution in [0.3, 0.4) is 0 Å². The number of likely N-dealkylation sites (N-methyl/N-ethyl adjacent to an activating group) is 1. The Bertz CT molecular complexity index is 463. The zero-order valence-electron chi connectivity index (χ0n) is 10.9. The van der Waals surface area contributed by atoms with Gasteiger partial charge in [0.15, 0.2) is 0 Å². The second kappa shape index (κ2) is 6.13.